The van der Waals surface area contributed by atoms with Crippen LogP contribution >= 0.6 is 0 Å². The van der Waals surface area contributed by atoms with Crippen LogP contribution in [0.3, 0.4) is 0 Å². The van der Waals surface area contributed by atoms with Gasteiger partial charge in [-0.15, -0.1) is 0 Å². The molecule has 1 heterocycles. The molecule has 0 spiro atoms. The van der Waals surface area contributed by atoms with Crippen LogP contribution in [0.4, 0.5) is 4.39 Å². The molecule has 1 aliphatic heterocycles. The molecule has 0 unspecified atom stereocenters. The van der Waals surface area contributed by atoms with E-state index < -0.39 is 0 Å². The van der Waals surface area contributed by atoms with E-state index in [1.54, 1.807) is 12.1 Å². The van der Waals surface area contributed by atoms with Gasteiger partial charge in [-0.05, 0) is 68.5 Å². The lowest BCUT2D eigenvalue weighted by Gasteiger charge is -2.41. The molecular weight excluding hydrogens is 277 g/mol. The summed E-state index contributed by atoms with van der Waals surface area (Å²) in [7, 11) is 0. The summed E-state index contributed by atoms with van der Waals surface area (Å²) in [6.45, 7) is 3.46. The lowest BCUT2D eigenvalue weighted by Crippen LogP contribution is -2.42. The average molecular weight is 303 g/mol. The monoisotopic (exact) mass is 303 g/mol. The molecule has 1 aliphatic carbocycles. The number of halogens is 1. The fourth-order valence-electron chi connectivity index (χ4n) is 4.12. The van der Waals surface area contributed by atoms with E-state index in [2.05, 4.69) is 4.90 Å². The number of benzene rings is 1. The third-order valence-corrected chi connectivity index (χ3v) is 5.42. The number of hydrogen-bond acceptors (Lipinski definition) is 2. The van der Waals surface area contributed by atoms with Gasteiger partial charge in [0.25, 0.3) is 0 Å². The van der Waals surface area contributed by atoms with Crippen molar-refractivity contribution in [1.29, 1.82) is 0 Å². The lowest BCUT2D eigenvalue weighted by atomic mass is 9.75. The molecule has 3 heteroatoms. The lowest BCUT2D eigenvalue weighted by molar-refractivity contribution is 0.0829. The number of nitrogens with zero attached hydrogens (tertiary/aromatic N) is 1. The number of likely N-dealkylation sites (tertiary alicyclic amines) is 1. The fraction of sp³-hybridized carbons (Fsp3) is 0.632. The van der Waals surface area contributed by atoms with Crippen LogP contribution in [0.15, 0.2) is 24.3 Å². The van der Waals surface area contributed by atoms with Crippen molar-refractivity contribution >= 4 is 5.78 Å². The molecule has 22 heavy (non-hydrogen) atoms. The van der Waals surface area contributed by atoms with Crippen molar-refractivity contribution in [1.82, 2.24) is 4.90 Å². The van der Waals surface area contributed by atoms with Gasteiger partial charge in [0.2, 0.25) is 0 Å². The summed E-state index contributed by atoms with van der Waals surface area (Å²) < 4.78 is 12.9. The van der Waals surface area contributed by atoms with Crippen LogP contribution in [0.25, 0.3) is 0 Å². The van der Waals surface area contributed by atoms with Crippen molar-refractivity contribution in [3.63, 3.8) is 0 Å². The van der Waals surface area contributed by atoms with E-state index in [9.17, 15) is 9.18 Å². The van der Waals surface area contributed by atoms with Crippen LogP contribution < -0.4 is 0 Å². The Balaban J connectivity index is 1.41. The predicted molar refractivity (Wildman–Crippen MR) is 86.5 cm³/mol. The Labute approximate surface area is 132 Å². The topological polar surface area (TPSA) is 20.3 Å². The van der Waals surface area contributed by atoms with Gasteiger partial charge in [-0.25, -0.2) is 4.39 Å². The van der Waals surface area contributed by atoms with E-state index in [1.165, 1.54) is 57.3 Å². The Kier molecular flexibility index (Phi) is 5.24. The van der Waals surface area contributed by atoms with Gasteiger partial charge in [-0.1, -0.05) is 19.3 Å². The summed E-state index contributed by atoms with van der Waals surface area (Å²) in [4.78, 5) is 14.6. The molecule has 1 saturated carbocycles. The molecule has 2 nitrogen and oxygen atoms in total. The van der Waals surface area contributed by atoms with Crippen molar-refractivity contribution in [3.8, 4) is 0 Å². The quantitative estimate of drug-likeness (QED) is 0.756. The van der Waals surface area contributed by atoms with Gasteiger partial charge < -0.3 is 4.90 Å². The summed E-state index contributed by atoms with van der Waals surface area (Å²) in [5.74, 6) is 1.71. The molecule has 0 bridgehead atoms. The maximum atomic E-state index is 12.9. The van der Waals surface area contributed by atoms with Crippen molar-refractivity contribution in [2.24, 2.45) is 11.8 Å². The smallest absolute Gasteiger partial charge is 0.162 e. The van der Waals surface area contributed by atoms with E-state index in [1.807, 2.05) is 0 Å². The Morgan fingerprint density at radius 2 is 1.82 bits per heavy atom. The second-order valence-electron chi connectivity index (χ2n) is 6.93. The minimum atomic E-state index is -0.285. The van der Waals surface area contributed by atoms with Gasteiger partial charge in [0.1, 0.15) is 5.82 Å². The van der Waals surface area contributed by atoms with Crippen LogP contribution in [0.5, 0.6) is 0 Å². The molecule has 1 aromatic carbocycles. The number of fused-ring (bicyclic) bond motifs is 1. The van der Waals surface area contributed by atoms with E-state index >= 15 is 0 Å². The predicted octanol–water partition coefficient (Wildman–Crippen LogP) is 4.30. The molecule has 2 atom stereocenters. The van der Waals surface area contributed by atoms with Gasteiger partial charge in [0, 0.05) is 18.5 Å². The highest BCUT2D eigenvalue weighted by molar-refractivity contribution is 5.95. The highest BCUT2D eigenvalue weighted by Gasteiger charge is 2.30. The number of Topliss-reactive ketones (excluding diaryl/α,β-unsaturated/α-hetero) is 1. The maximum Gasteiger partial charge on any atom is 0.162 e. The number of carbonyl (C=O) groups excluding carboxylic acids is 1. The second-order valence-corrected chi connectivity index (χ2v) is 6.93. The highest BCUT2D eigenvalue weighted by Crippen LogP contribution is 2.36. The molecule has 3 rings (SSSR count). The largest absolute Gasteiger partial charge is 0.303 e. The molecular formula is C19H26FNO. The Morgan fingerprint density at radius 3 is 2.59 bits per heavy atom. The van der Waals surface area contributed by atoms with Crippen LogP contribution in [-0.4, -0.2) is 30.3 Å². The number of carbonyl (C=O) groups is 1. The summed E-state index contributed by atoms with van der Waals surface area (Å²) >= 11 is 0. The first-order valence-electron chi connectivity index (χ1n) is 8.73. The zero-order valence-electron chi connectivity index (χ0n) is 13.3. The molecule has 0 aromatic heterocycles. The van der Waals surface area contributed by atoms with E-state index in [4.69, 9.17) is 0 Å². The second kappa shape index (κ2) is 7.36. The third-order valence-electron chi connectivity index (χ3n) is 5.42. The summed E-state index contributed by atoms with van der Waals surface area (Å²) in [5.41, 5.74) is 0.632. The Morgan fingerprint density at radius 1 is 1.09 bits per heavy atom. The molecule has 0 radical (unpaired) electrons. The van der Waals surface area contributed by atoms with Crippen LogP contribution in [0.2, 0.25) is 0 Å². The van der Waals surface area contributed by atoms with E-state index in [0.29, 0.717) is 12.0 Å². The third kappa shape index (κ3) is 3.95. The minimum Gasteiger partial charge on any atom is -0.303 e. The van der Waals surface area contributed by atoms with Crippen LogP contribution in [0, 0.1) is 17.7 Å². The molecule has 2 aliphatic rings. The first kappa shape index (κ1) is 15.7. The van der Waals surface area contributed by atoms with Crippen molar-refractivity contribution in [2.45, 2.75) is 44.9 Å². The summed E-state index contributed by atoms with van der Waals surface area (Å²) in [6.07, 6.45) is 8.48. The summed E-state index contributed by atoms with van der Waals surface area (Å²) in [5, 5.41) is 0. The zero-order valence-corrected chi connectivity index (χ0v) is 13.3. The van der Waals surface area contributed by atoms with Gasteiger partial charge in [-0.3, -0.25) is 4.79 Å². The first-order chi connectivity index (χ1) is 10.7. The molecule has 0 N–H and O–H groups in total. The van der Waals surface area contributed by atoms with Gasteiger partial charge >= 0.3 is 0 Å². The number of rotatable bonds is 5. The molecule has 0 amide bonds. The maximum absolute atomic E-state index is 12.9. The normalized spacial score (nSPS) is 25.7. The highest BCUT2D eigenvalue weighted by atomic mass is 19.1. The summed E-state index contributed by atoms with van der Waals surface area (Å²) in [6, 6.07) is 5.90. The first-order valence-corrected chi connectivity index (χ1v) is 8.73. The molecule has 120 valence electrons. The molecule has 1 saturated heterocycles. The van der Waals surface area contributed by atoms with Crippen molar-refractivity contribution < 1.29 is 9.18 Å². The number of piperidine rings is 1. The molecule has 2 fully saturated rings. The van der Waals surface area contributed by atoms with Crippen LogP contribution in [-0.2, 0) is 0 Å². The Hall–Kier alpha value is -1.22. The van der Waals surface area contributed by atoms with Gasteiger partial charge in [0.15, 0.2) is 5.78 Å². The average Bonchev–Trinajstić information content (AvgIpc) is 2.55. The van der Waals surface area contributed by atoms with Gasteiger partial charge in [-0.2, -0.15) is 0 Å². The Bertz CT molecular complexity index is 499. The molecule has 1 aromatic rings. The van der Waals surface area contributed by atoms with E-state index in [-0.39, 0.29) is 11.6 Å². The van der Waals surface area contributed by atoms with Crippen molar-refractivity contribution in [3.05, 3.63) is 35.6 Å². The van der Waals surface area contributed by atoms with Crippen LogP contribution in [0.1, 0.15) is 55.3 Å². The SMILES string of the molecule is O=C(CCCN1CC[C@@H]2CCCC[C@H]2C1)c1ccc(F)cc1. The number of hydrogen-bond donors (Lipinski definition) is 0. The number of ketones is 1. The van der Waals surface area contributed by atoms with Gasteiger partial charge in [0.05, 0.1) is 0 Å². The zero-order chi connectivity index (χ0) is 15.4. The van der Waals surface area contributed by atoms with E-state index in [0.717, 1.165) is 24.8 Å². The standard InChI is InChI=1S/C19H26FNO/c20-18-9-7-16(8-10-18)19(22)6-3-12-21-13-11-15-4-1-2-5-17(15)14-21/h7-10,15,17H,1-6,11-14H2/t15-,17-/m0/s1. The fourth-order valence-corrected chi connectivity index (χ4v) is 4.12. The van der Waals surface area contributed by atoms with Crippen molar-refractivity contribution in [2.75, 3.05) is 19.6 Å². The minimum absolute atomic E-state index is 0.132.